The van der Waals surface area contributed by atoms with E-state index in [0.717, 1.165) is 22.1 Å². The van der Waals surface area contributed by atoms with Crippen LogP contribution in [0.5, 0.6) is 0 Å². The molecule has 3 rings (SSSR count). The van der Waals surface area contributed by atoms with E-state index in [9.17, 15) is 8.42 Å². The number of primary sulfonamides is 1. The third-order valence-electron chi connectivity index (χ3n) is 3.70. The number of aromatic nitrogens is 2. The summed E-state index contributed by atoms with van der Waals surface area (Å²) in [5, 5.41) is 6.44. The van der Waals surface area contributed by atoms with Crippen molar-refractivity contribution in [3.63, 3.8) is 0 Å². The SMILES string of the molecule is NS(=O)(=O)CCCSc1ncc(-c2ccccc2)n1-c1ccccc1Cl. The highest BCUT2D eigenvalue weighted by atomic mass is 35.5. The Morgan fingerprint density at radius 1 is 1.08 bits per heavy atom. The standard InChI is InChI=1S/C18H18ClN3O2S2/c19-15-9-4-5-10-16(15)22-17(14-7-2-1-3-8-14)13-21-18(22)25-11-6-12-26(20,23)24/h1-5,7-10,13H,6,11-12H2,(H2,20,23,24). The number of nitrogens with two attached hydrogens (primary N) is 1. The quantitative estimate of drug-likeness (QED) is 0.475. The summed E-state index contributed by atoms with van der Waals surface area (Å²) in [5.74, 6) is 0.546. The smallest absolute Gasteiger partial charge is 0.209 e. The van der Waals surface area contributed by atoms with E-state index in [2.05, 4.69) is 4.98 Å². The van der Waals surface area contributed by atoms with Gasteiger partial charge >= 0.3 is 0 Å². The molecule has 5 nitrogen and oxygen atoms in total. The van der Waals surface area contributed by atoms with Crippen molar-refractivity contribution < 1.29 is 8.42 Å². The average molecular weight is 408 g/mol. The summed E-state index contributed by atoms with van der Waals surface area (Å²) in [4.78, 5) is 4.53. The highest BCUT2D eigenvalue weighted by Crippen LogP contribution is 2.32. The minimum Gasteiger partial charge on any atom is -0.286 e. The molecular formula is C18H18ClN3O2S2. The summed E-state index contributed by atoms with van der Waals surface area (Å²) >= 11 is 7.89. The lowest BCUT2D eigenvalue weighted by atomic mass is 10.1. The van der Waals surface area contributed by atoms with Gasteiger partial charge in [-0.3, -0.25) is 4.57 Å². The lowest BCUT2D eigenvalue weighted by Crippen LogP contribution is -2.16. The Kier molecular flexibility index (Phi) is 6.03. The molecule has 0 saturated heterocycles. The van der Waals surface area contributed by atoms with Crippen LogP contribution in [0.15, 0.2) is 66.0 Å². The molecule has 0 atom stereocenters. The van der Waals surface area contributed by atoms with E-state index >= 15 is 0 Å². The van der Waals surface area contributed by atoms with Crippen molar-refractivity contribution in [2.45, 2.75) is 11.6 Å². The number of hydrogen-bond donors (Lipinski definition) is 1. The molecule has 0 bridgehead atoms. The van der Waals surface area contributed by atoms with E-state index in [-0.39, 0.29) is 5.75 Å². The van der Waals surface area contributed by atoms with Gasteiger partial charge in [0.15, 0.2) is 5.16 Å². The second-order valence-electron chi connectivity index (χ2n) is 5.65. The Morgan fingerprint density at radius 3 is 2.46 bits per heavy atom. The molecule has 1 aromatic heterocycles. The minimum absolute atomic E-state index is 0.0433. The number of thioether (sulfide) groups is 1. The molecule has 1 heterocycles. The van der Waals surface area contributed by atoms with Gasteiger partial charge in [-0.15, -0.1) is 0 Å². The number of halogens is 1. The number of sulfonamides is 1. The van der Waals surface area contributed by atoms with Crippen LogP contribution < -0.4 is 5.14 Å². The molecular weight excluding hydrogens is 390 g/mol. The molecule has 26 heavy (non-hydrogen) atoms. The fourth-order valence-corrected chi connectivity index (χ4v) is 4.41. The number of hydrogen-bond acceptors (Lipinski definition) is 4. The first kappa shape index (κ1) is 19.0. The van der Waals surface area contributed by atoms with Crippen molar-refractivity contribution in [1.82, 2.24) is 9.55 Å². The monoisotopic (exact) mass is 407 g/mol. The lowest BCUT2D eigenvalue weighted by molar-refractivity contribution is 0.596. The van der Waals surface area contributed by atoms with Crippen molar-refractivity contribution in [3.05, 3.63) is 65.8 Å². The van der Waals surface area contributed by atoms with Gasteiger partial charge in [0.05, 0.1) is 28.4 Å². The molecule has 0 spiro atoms. The third-order valence-corrected chi connectivity index (χ3v) is 5.91. The summed E-state index contributed by atoms with van der Waals surface area (Å²) in [7, 11) is -3.45. The van der Waals surface area contributed by atoms with E-state index in [0.29, 0.717) is 17.2 Å². The van der Waals surface area contributed by atoms with Gasteiger partial charge in [0, 0.05) is 11.3 Å². The maximum atomic E-state index is 11.1. The number of imidazole rings is 1. The van der Waals surface area contributed by atoms with Crippen LogP contribution >= 0.6 is 23.4 Å². The van der Waals surface area contributed by atoms with Crippen molar-refractivity contribution in [1.29, 1.82) is 0 Å². The summed E-state index contributed by atoms with van der Waals surface area (Å²) in [6, 6.07) is 17.5. The van der Waals surface area contributed by atoms with Crippen LogP contribution in [0.4, 0.5) is 0 Å². The molecule has 2 N–H and O–H groups in total. The largest absolute Gasteiger partial charge is 0.286 e. The summed E-state index contributed by atoms with van der Waals surface area (Å²) < 4.78 is 24.2. The number of para-hydroxylation sites is 1. The van der Waals surface area contributed by atoms with Crippen molar-refractivity contribution in [3.8, 4) is 16.9 Å². The summed E-state index contributed by atoms with van der Waals surface area (Å²) in [6.45, 7) is 0. The molecule has 8 heteroatoms. The first-order valence-electron chi connectivity index (χ1n) is 7.97. The van der Waals surface area contributed by atoms with Crippen molar-refractivity contribution >= 4 is 33.4 Å². The Morgan fingerprint density at radius 2 is 1.77 bits per heavy atom. The van der Waals surface area contributed by atoms with Gasteiger partial charge in [0.25, 0.3) is 0 Å². The molecule has 0 aliphatic carbocycles. The topological polar surface area (TPSA) is 78.0 Å². The zero-order valence-corrected chi connectivity index (χ0v) is 16.3. The summed E-state index contributed by atoms with van der Waals surface area (Å²) in [6.07, 6.45) is 2.26. The summed E-state index contributed by atoms with van der Waals surface area (Å²) in [5.41, 5.74) is 2.78. The van der Waals surface area contributed by atoms with Gasteiger partial charge in [-0.05, 0) is 18.6 Å². The van der Waals surface area contributed by atoms with Crippen LogP contribution in [0.3, 0.4) is 0 Å². The zero-order valence-electron chi connectivity index (χ0n) is 13.9. The number of nitrogens with zero attached hydrogens (tertiary/aromatic N) is 2. The highest BCUT2D eigenvalue weighted by molar-refractivity contribution is 7.99. The van der Waals surface area contributed by atoms with E-state index in [1.807, 2.05) is 59.2 Å². The second-order valence-corrected chi connectivity index (χ2v) is 8.85. The maximum absolute atomic E-state index is 11.1. The molecule has 3 aromatic rings. The average Bonchev–Trinajstić information content (AvgIpc) is 3.03. The van der Waals surface area contributed by atoms with Crippen LogP contribution in [-0.2, 0) is 10.0 Å². The third kappa shape index (κ3) is 4.67. The molecule has 0 saturated carbocycles. The van der Waals surface area contributed by atoms with Gasteiger partial charge in [0.2, 0.25) is 10.0 Å². The molecule has 0 amide bonds. The van der Waals surface area contributed by atoms with Crippen molar-refractivity contribution in [2.24, 2.45) is 5.14 Å². The fourth-order valence-electron chi connectivity index (χ4n) is 2.54. The van der Waals surface area contributed by atoms with Gasteiger partial charge in [0.1, 0.15) is 0 Å². The first-order chi connectivity index (χ1) is 12.5. The fraction of sp³-hybridized carbons (Fsp3) is 0.167. The van der Waals surface area contributed by atoms with Gasteiger partial charge < -0.3 is 0 Å². The first-order valence-corrected chi connectivity index (χ1v) is 11.0. The predicted octanol–water partition coefficient (Wildman–Crippen LogP) is 3.96. The van der Waals surface area contributed by atoms with Crippen LogP contribution in [-0.4, -0.2) is 29.5 Å². The Labute approximate surface area is 162 Å². The number of benzene rings is 2. The van der Waals surface area contributed by atoms with Crippen LogP contribution in [0.25, 0.3) is 16.9 Å². The zero-order chi connectivity index (χ0) is 18.6. The highest BCUT2D eigenvalue weighted by Gasteiger charge is 2.16. The number of rotatable bonds is 7. The Bertz CT molecular complexity index is 989. The predicted molar refractivity (Wildman–Crippen MR) is 107 cm³/mol. The molecule has 0 radical (unpaired) electrons. The Balaban J connectivity index is 1.95. The Hall–Kier alpha value is -1.80. The van der Waals surface area contributed by atoms with Gasteiger partial charge in [-0.1, -0.05) is 65.8 Å². The maximum Gasteiger partial charge on any atom is 0.209 e. The van der Waals surface area contributed by atoms with E-state index in [1.165, 1.54) is 11.8 Å². The molecule has 0 aliphatic heterocycles. The van der Waals surface area contributed by atoms with Gasteiger partial charge in [-0.2, -0.15) is 0 Å². The van der Waals surface area contributed by atoms with Gasteiger partial charge in [-0.25, -0.2) is 18.5 Å². The van der Waals surface area contributed by atoms with E-state index < -0.39 is 10.0 Å². The van der Waals surface area contributed by atoms with Crippen LogP contribution in [0.2, 0.25) is 5.02 Å². The van der Waals surface area contributed by atoms with E-state index in [1.54, 1.807) is 6.20 Å². The van der Waals surface area contributed by atoms with E-state index in [4.69, 9.17) is 16.7 Å². The molecule has 0 aliphatic rings. The normalized spacial score (nSPS) is 11.6. The molecule has 0 fully saturated rings. The molecule has 2 aromatic carbocycles. The van der Waals surface area contributed by atoms with Crippen LogP contribution in [0.1, 0.15) is 6.42 Å². The van der Waals surface area contributed by atoms with Crippen molar-refractivity contribution in [2.75, 3.05) is 11.5 Å². The van der Waals surface area contributed by atoms with Crippen LogP contribution in [0, 0.1) is 0 Å². The second kappa shape index (κ2) is 8.26. The molecule has 136 valence electrons. The lowest BCUT2D eigenvalue weighted by Gasteiger charge is -2.13. The minimum atomic E-state index is -3.45. The molecule has 0 unspecified atom stereocenters.